The minimum absolute atomic E-state index is 0.0154. The van der Waals surface area contributed by atoms with Gasteiger partial charge in [-0.15, -0.1) is 0 Å². The smallest absolute Gasteiger partial charge is 0.311 e. The molecule has 0 aliphatic heterocycles. The fourth-order valence-corrected chi connectivity index (χ4v) is 6.04. The molecule has 0 heterocycles. The average Bonchev–Trinajstić information content (AvgIpc) is 2.53. The maximum Gasteiger partial charge on any atom is 0.311 e. The first-order valence-corrected chi connectivity index (χ1v) is 9.28. The van der Waals surface area contributed by atoms with Crippen molar-refractivity contribution >= 4 is 5.97 Å². The SMILES string of the molecule is COC(=O)[C@]1(C)CCC[C@@]2(C)[C@H]1CCC1=CC(=C(C)C)CC[C@@H]12. The highest BCUT2D eigenvalue weighted by Crippen LogP contribution is 2.63. The fourth-order valence-electron chi connectivity index (χ4n) is 6.04. The Kier molecular flexibility index (Phi) is 4.23. The van der Waals surface area contributed by atoms with Gasteiger partial charge in [0, 0.05) is 0 Å². The number of esters is 1. The van der Waals surface area contributed by atoms with E-state index in [4.69, 9.17) is 4.74 Å². The molecule has 0 N–H and O–H groups in total. The normalized spacial score (nSPS) is 39.9. The summed E-state index contributed by atoms with van der Waals surface area (Å²) >= 11 is 0. The maximum atomic E-state index is 12.5. The molecule has 0 unspecified atom stereocenters. The minimum atomic E-state index is -0.288. The van der Waals surface area contributed by atoms with Gasteiger partial charge in [-0.2, -0.15) is 0 Å². The quantitative estimate of drug-likeness (QED) is 0.602. The molecule has 128 valence electrons. The summed E-state index contributed by atoms with van der Waals surface area (Å²) in [7, 11) is 1.55. The summed E-state index contributed by atoms with van der Waals surface area (Å²) in [5.74, 6) is 1.14. The van der Waals surface area contributed by atoms with Crippen LogP contribution < -0.4 is 0 Å². The predicted octanol–water partition coefficient (Wildman–Crippen LogP) is 5.44. The minimum Gasteiger partial charge on any atom is -0.469 e. The van der Waals surface area contributed by atoms with Crippen molar-refractivity contribution < 1.29 is 9.53 Å². The zero-order chi connectivity index (χ0) is 16.8. The summed E-state index contributed by atoms with van der Waals surface area (Å²) in [5, 5.41) is 0. The second kappa shape index (κ2) is 5.79. The van der Waals surface area contributed by atoms with Gasteiger partial charge in [0.15, 0.2) is 0 Å². The van der Waals surface area contributed by atoms with Crippen molar-refractivity contribution in [3.8, 4) is 0 Å². The second-order valence-corrected chi connectivity index (χ2v) is 8.70. The number of methoxy groups -OCH3 is 1. The zero-order valence-electron chi connectivity index (χ0n) is 15.5. The Hall–Kier alpha value is -1.05. The summed E-state index contributed by atoms with van der Waals surface area (Å²) in [4.78, 5) is 12.5. The predicted molar refractivity (Wildman–Crippen MR) is 94.0 cm³/mol. The molecule has 2 fully saturated rings. The summed E-state index contributed by atoms with van der Waals surface area (Å²) in [6.07, 6.45) is 10.7. The highest BCUT2D eigenvalue weighted by Gasteiger charge is 2.58. The molecule has 0 aromatic carbocycles. The zero-order valence-corrected chi connectivity index (χ0v) is 15.5. The lowest BCUT2D eigenvalue weighted by atomic mass is 9.46. The van der Waals surface area contributed by atoms with Crippen molar-refractivity contribution in [3.05, 3.63) is 22.8 Å². The molecule has 0 saturated heterocycles. The van der Waals surface area contributed by atoms with Crippen molar-refractivity contribution in [2.24, 2.45) is 22.7 Å². The monoisotopic (exact) mass is 316 g/mol. The molecule has 3 aliphatic rings. The fraction of sp³-hybridized carbons (Fsp3) is 0.762. The van der Waals surface area contributed by atoms with Crippen LogP contribution in [-0.4, -0.2) is 13.1 Å². The maximum absolute atomic E-state index is 12.5. The van der Waals surface area contributed by atoms with Crippen molar-refractivity contribution in [3.63, 3.8) is 0 Å². The lowest BCUT2D eigenvalue weighted by Gasteiger charge is -2.58. The van der Waals surface area contributed by atoms with E-state index >= 15 is 0 Å². The Labute approximate surface area is 141 Å². The van der Waals surface area contributed by atoms with Gasteiger partial charge in [-0.3, -0.25) is 4.79 Å². The van der Waals surface area contributed by atoms with E-state index < -0.39 is 0 Å². The van der Waals surface area contributed by atoms with Crippen LogP contribution in [0.2, 0.25) is 0 Å². The number of rotatable bonds is 1. The first-order valence-electron chi connectivity index (χ1n) is 9.28. The van der Waals surface area contributed by atoms with Crippen LogP contribution in [0.15, 0.2) is 22.8 Å². The molecule has 4 atom stereocenters. The molecule has 0 spiro atoms. The summed E-state index contributed by atoms with van der Waals surface area (Å²) in [6, 6.07) is 0. The van der Waals surface area contributed by atoms with Gasteiger partial charge in [0.2, 0.25) is 0 Å². The number of fused-ring (bicyclic) bond motifs is 3. The van der Waals surface area contributed by atoms with Gasteiger partial charge >= 0.3 is 5.97 Å². The van der Waals surface area contributed by atoms with E-state index in [1.165, 1.54) is 24.8 Å². The first-order chi connectivity index (χ1) is 10.8. The largest absolute Gasteiger partial charge is 0.469 e. The molecule has 2 saturated carbocycles. The Bertz CT molecular complexity index is 566. The molecule has 3 rings (SSSR count). The van der Waals surface area contributed by atoms with Crippen LogP contribution >= 0.6 is 0 Å². The summed E-state index contributed by atoms with van der Waals surface area (Å²) < 4.78 is 5.21. The number of hydrogen-bond acceptors (Lipinski definition) is 2. The molecule has 0 bridgehead atoms. The number of carbonyl (C=O) groups excluding carboxylic acids is 1. The van der Waals surface area contributed by atoms with Crippen molar-refractivity contribution in [1.82, 2.24) is 0 Å². The Morgan fingerprint density at radius 2 is 1.91 bits per heavy atom. The third-order valence-electron chi connectivity index (χ3n) is 7.30. The standard InChI is InChI=1S/C21H32O2/c1-14(2)15-7-9-17-16(13-15)8-10-18-20(17,3)11-6-12-21(18,4)19(22)23-5/h13,17-18H,6-12H2,1-5H3/t17-,18+,20+,21+/m0/s1. The van der Waals surface area contributed by atoms with Gasteiger partial charge in [-0.1, -0.05) is 30.6 Å². The molecule has 0 aromatic rings. The molecule has 2 nitrogen and oxygen atoms in total. The Balaban J connectivity index is 1.98. The topological polar surface area (TPSA) is 26.3 Å². The van der Waals surface area contributed by atoms with Gasteiger partial charge in [0.05, 0.1) is 12.5 Å². The van der Waals surface area contributed by atoms with Gasteiger partial charge in [0.25, 0.3) is 0 Å². The lowest BCUT2D eigenvalue weighted by Crippen LogP contribution is -2.54. The number of allylic oxidation sites excluding steroid dienone is 4. The number of hydrogen-bond donors (Lipinski definition) is 0. The first kappa shape index (κ1) is 16.8. The van der Waals surface area contributed by atoms with E-state index in [-0.39, 0.29) is 16.8 Å². The van der Waals surface area contributed by atoms with Crippen LogP contribution in [0.5, 0.6) is 0 Å². The molecule has 0 aromatic heterocycles. The van der Waals surface area contributed by atoms with Crippen LogP contribution in [0, 0.1) is 22.7 Å². The molecule has 3 aliphatic carbocycles. The average molecular weight is 316 g/mol. The van der Waals surface area contributed by atoms with Crippen LogP contribution in [0.1, 0.15) is 72.6 Å². The van der Waals surface area contributed by atoms with Crippen molar-refractivity contribution in [1.29, 1.82) is 0 Å². The molecule has 23 heavy (non-hydrogen) atoms. The van der Waals surface area contributed by atoms with Gasteiger partial charge < -0.3 is 4.74 Å². The van der Waals surface area contributed by atoms with Gasteiger partial charge in [0.1, 0.15) is 0 Å². The molecule has 0 amide bonds. The van der Waals surface area contributed by atoms with Crippen LogP contribution in [-0.2, 0) is 9.53 Å². The van der Waals surface area contributed by atoms with E-state index in [0.717, 1.165) is 25.7 Å². The van der Waals surface area contributed by atoms with Crippen LogP contribution in [0.4, 0.5) is 0 Å². The Morgan fingerprint density at radius 1 is 1.17 bits per heavy atom. The van der Waals surface area contributed by atoms with Gasteiger partial charge in [-0.05, 0) is 82.1 Å². The van der Waals surface area contributed by atoms with Crippen LogP contribution in [0.25, 0.3) is 0 Å². The molecule has 0 radical (unpaired) electrons. The van der Waals surface area contributed by atoms with Gasteiger partial charge in [-0.25, -0.2) is 0 Å². The summed E-state index contributed by atoms with van der Waals surface area (Å²) in [5.41, 5.74) is 4.64. The lowest BCUT2D eigenvalue weighted by molar-refractivity contribution is -0.168. The van der Waals surface area contributed by atoms with E-state index in [1.807, 2.05) is 0 Å². The van der Waals surface area contributed by atoms with Crippen LogP contribution in [0.3, 0.4) is 0 Å². The van der Waals surface area contributed by atoms with Crippen molar-refractivity contribution in [2.75, 3.05) is 7.11 Å². The third kappa shape index (κ3) is 2.49. The number of carbonyl (C=O) groups is 1. The van der Waals surface area contributed by atoms with E-state index in [9.17, 15) is 4.79 Å². The van der Waals surface area contributed by atoms with E-state index in [0.29, 0.717) is 11.8 Å². The van der Waals surface area contributed by atoms with Crippen molar-refractivity contribution in [2.45, 2.75) is 72.6 Å². The number of ether oxygens (including phenoxy) is 1. The van der Waals surface area contributed by atoms with E-state index in [2.05, 4.69) is 33.8 Å². The van der Waals surface area contributed by atoms with E-state index in [1.54, 1.807) is 18.3 Å². The molecule has 2 heteroatoms. The summed E-state index contributed by atoms with van der Waals surface area (Å²) in [6.45, 7) is 9.09. The third-order valence-corrected chi connectivity index (χ3v) is 7.30. The second-order valence-electron chi connectivity index (χ2n) is 8.70. The molecular weight excluding hydrogens is 284 g/mol. The highest BCUT2D eigenvalue weighted by molar-refractivity contribution is 5.77. The molecular formula is C21H32O2. The Morgan fingerprint density at radius 3 is 2.57 bits per heavy atom. The highest BCUT2D eigenvalue weighted by atomic mass is 16.5.